The lowest BCUT2D eigenvalue weighted by molar-refractivity contribution is -0.128. The molecule has 3 N–H and O–H groups in total. The van der Waals surface area contributed by atoms with Crippen molar-refractivity contribution in [3.8, 4) is 5.75 Å². The maximum atomic E-state index is 11.9. The number of carbonyl (C=O) groups is 1. The first-order valence-electron chi connectivity index (χ1n) is 9.48. The van der Waals surface area contributed by atoms with Crippen LogP contribution in [0.2, 0.25) is 0 Å². The van der Waals surface area contributed by atoms with Crippen LogP contribution >= 0.6 is 0 Å². The minimum atomic E-state index is -0.369. The molecule has 1 amide bonds. The molecular formula is C20H33N5O2. The summed E-state index contributed by atoms with van der Waals surface area (Å²) in [5.41, 5.74) is 0.753. The van der Waals surface area contributed by atoms with Gasteiger partial charge < -0.3 is 25.6 Å². The summed E-state index contributed by atoms with van der Waals surface area (Å²) in [6, 6.07) is 8.41. The van der Waals surface area contributed by atoms with Crippen molar-refractivity contribution in [2.24, 2.45) is 10.4 Å². The summed E-state index contributed by atoms with van der Waals surface area (Å²) in [4.78, 5) is 18.5. The van der Waals surface area contributed by atoms with Crippen molar-refractivity contribution in [1.82, 2.24) is 16.0 Å². The number of benzene rings is 1. The third kappa shape index (κ3) is 6.05. The molecule has 0 spiro atoms. The summed E-state index contributed by atoms with van der Waals surface area (Å²) in [6.45, 7) is 8.77. The third-order valence-corrected chi connectivity index (χ3v) is 4.56. The number of ether oxygens (including phenoxy) is 1. The van der Waals surface area contributed by atoms with Gasteiger partial charge in [-0.05, 0) is 18.6 Å². The minimum absolute atomic E-state index is 0.0514. The van der Waals surface area contributed by atoms with E-state index in [4.69, 9.17) is 4.74 Å². The normalized spacial score (nSPS) is 17.6. The lowest BCUT2D eigenvalue weighted by Crippen LogP contribution is -2.47. The monoisotopic (exact) mass is 375 g/mol. The van der Waals surface area contributed by atoms with Gasteiger partial charge in [-0.2, -0.15) is 0 Å². The Balaban J connectivity index is 1.78. The SMILES string of the molecule is CN=C(NCCNC(=O)C(C)(C)C)NC1CCN(c2ccccc2OC)C1. The number of rotatable bonds is 6. The molecule has 1 fully saturated rings. The van der Waals surface area contributed by atoms with Crippen molar-refractivity contribution in [2.45, 2.75) is 33.2 Å². The summed E-state index contributed by atoms with van der Waals surface area (Å²) in [5.74, 6) is 1.71. The minimum Gasteiger partial charge on any atom is -0.495 e. The summed E-state index contributed by atoms with van der Waals surface area (Å²) >= 11 is 0. The third-order valence-electron chi connectivity index (χ3n) is 4.56. The lowest BCUT2D eigenvalue weighted by Gasteiger charge is -2.22. The van der Waals surface area contributed by atoms with Crippen LogP contribution in [0.1, 0.15) is 27.2 Å². The van der Waals surface area contributed by atoms with Crippen LogP contribution in [-0.4, -0.2) is 58.2 Å². The molecule has 1 aliphatic rings. The predicted octanol–water partition coefficient (Wildman–Crippen LogP) is 1.60. The largest absolute Gasteiger partial charge is 0.495 e. The zero-order valence-corrected chi connectivity index (χ0v) is 17.1. The Kier molecular flexibility index (Phi) is 7.33. The Bertz CT molecular complexity index is 654. The Morgan fingerprint density at radius 1 is 1.26 bits per heavy atom. The molecule has 0 aromatic heterocycles. The zero-order chi connectivity index (χ0) is 19.9. The van der Waals surface area contributed by atoms with Gasteiger partial charge in [0.15, 0.2) is 5.96 Å². The fourth-order valence-corrected chi connectivity index (χ4v) is 3.00. The number of hydrogen-bond acceptors (Lipinski definition) is 4. The average molecular weight is 376 g/mol. The van der Waals surface area contributed by atoms with Crippen LogP contribution in [0.5, 0.6) is 5.75 Å². The van der Waals surface area contributed by atoms with Gasteiger partial charge in [0.05, 0.1) is 12.8 Å². The molecule has 1 aliphatic heterocycles. The number of amides is 1. The van der Waals surface area contributed by atoms with Gasteiger partial charge in [-0.1, -0.05) is 32.9 Å². The smallest absolute Gasteiger partial charge is 0.225 e. The summed E-state index contributed by atoms with van der Waals surface area (Å²) in [7, 11) is 3.46. The fraction of sp³-hybridized carbons (Fsp3) is 0.600. The Labute approximate surface area is 162 Å². The molecular weight excluding hydrogens is 342 g/mol. The summed E-state index contributed by atoms with van der Waals surface area (Å²) < 4.78 is 5.47. The highest BCUT2D eigenvalue weighted by Gasteiger charge is 2.25. The zero-order valence-electron chi connectivity index (χ0n) is 17.1. The highest BCUT2D eigenvalue weighted by molar-refractivity contribution is 5.82. The first-order valence-corrected chi connectivity index (χ1v) is 9.48. The van der Waals surface area contributed by atoms with E-state index in [9.17, 15) is 4.79 Å². The molecule has 0 aliphatic carbocycles. The summed E-state index contributed by atoms with van der Waals surface area (Å²) in [5, 5.41) is 9.66. The van der Waals surface area contributed by atoms with Gasteiger partial charge in [-0.25, -0.2) is 0 Å². The van der Waals surface area contributed by atoms with E-state index in [1.807, 2.05) is 39.0 Å². The van der Waals surface area contributed by atoms with E-state index in [0.717, 1.165) is 36.9 Å². The topological polar surface area (TPSA) is 78.0 Å². The maximum Gasteiger partial charge on any atom is 0.225 e. The molecule has 2 rings (SSSR count). The van der Waals surface area contributed by atoms with Crippen molar-refractivity contribution in [3.05, 3.63) is 24.3 Å². The van der Waals surface area contributed by atoms with Crippen LogP contribution in [0.3, 0.4) is 0 Å². The van der Waals surface area contributed by atoms with E-state index in [2.05, 4.69) is 31.9 Å². The van der Waals surface area contributed by atoms with Gasteiger partial charge in [-0.3, -0.25) is 9.79 Å². The first-order chi connectivity index (χ1) is 12.8. The number of para-hydroxylation sites is 2. The van der Waals surface area contributed by atoms with E-state index in [1.54, 1.807) is 14.2 Å². The number of hydrogen-bond donors (Lipinski definition) is 3. The van der Waals surface area contributed by atoms with Crippen molar-refractivity contribution in [2.75, 3.05) is 45.2 Å². The molecule has 150 valence electrons. The van der Waals surface area contributed by atoms with Gasteiger partial charge in [0.25, 0.3) is 0 Å². The van der Waals surface area contributed by atoms with Crippen LogP contribution in [0.15, 0.2) is 29.3 Å². The second kappa shape index (κ2) is 9.48. The van der Waals surface area contributed by atoms with Crippen LogP contribution in [0.25, 0.3) is 0 Å². The van der Waals surface area contributed by atoms with Crippen molar-refractivity contribution in [1.29, 1.82) is 0 Å². The van der Waals surface area contributed by atoms with E-state index in [1.165, 1.54) is 0 Å². The number of aliphatic imine (C=N–C) groups is 1. The number of guanidine groups is 1. The molecule has 27 heavy (non-hydrogen) atoms. The Hall–Kier alpha value is -2.44. The molecule has 0 saturated carbocycles. The van der Waals surface area contributed by atoms with Gasteiger partial charge in [0, 0.05) is 44.7 Å². The Morgan fingerprint density at radius 3 is 2.63 bits per heavy atom. The van der Waals surface area contributed by atoms with Crippen molar-refractivity contribution >= 4 is 17.6 Å². The van der Waals surface area contributed by atoms with E-state index >= 15 is 0 Å². The van der Waals surface area contributed by atoms with Crippen molar-refractivity contribution in [3.63, 3.8) is 0 Å². The quantitative estimate of drug-likeness (QED) is 0.400. The summed E-state index contributed by atoms with van der Waals surface area (Å²) in [6.07, 6.45) is 1.03. The second-order valence-corrected chi connectivity index (χ2v) is 7.75. The van der Waals surface area contributed by atoms with Crippen LogP contribution in [-0.2, 0) is 4.79 Å². The first kappa shape index (κ1) is 20.9. The molecule has 1 saturated heterocycles. The molecule has 0 bridgehead atoms. The highest BCUT2D eigenvalue weighted by Crippen LogP contribution is 2.30. The molecule has 1 aromatic rings. The second-order valence-electron chi connectivity index (χ2n) is 7.75. The maximum absolute atomic E-state index is 11.9. The van der Waals surface area contributed by atoms with Crippen LogP contribution in [0.4, 0.5) is 5.69 Å². The number of methoxy groups -OCH3 is 1. The van der Waals surface area contributed by atoms with E-state index < -0.39 is 0 Å². The molecule has 1 unspecified atom stereocenters. The van der Waals surface area contributed by atoms with Gasteiger partial charge in [0.1, 0.15) is 5.75 Å². The Morgan fingerprint density at radius 2 is 1.96 bits per heavy atom. The molecule has 1 aromatic carbocycles. The van der Waals surface area contributed by atoms with Crippen LogP contribution < -0.4 is 25.6 Å². The average Bonchev–Trinajstić information content (AvgIpc) is 3.11. The molecule has 7 heteroatoms. The molecule has 1 atom stereocenters. The molecule has 7 nitrogen and oxygen atoms in total. The van der Waals surface area contributed by atoms with Crippen molar-refractivity contribution < 1.29 is 9.53 Å². The fourth-order valence-electron chi connectivity index (χ4n) is 3.00. The van der Waals surface area contributed by atoms with E-state index in [0.29, 0.717) is 19.1 Å². The lowest BCUT2D eigenvalue weighted by atomic mass is 9.96. The predicted molar refractivity (Wildman–Crippen MR) is 111 cm³/mol. The molecule has 0 radical (unpaired) electrons. The van der Waals surface area contributed by atoms with E-state index in [-0.39, 0.29) is 11.3 Å². The number of anilines is 1. The number of carbonyl (C=O) groups excluding carboxylic acids is 1. The van der Waals surface area contributed by atoms with Gasteiger partial charge in [-0.15, -0.1) is 0 Å². The standard InChI is InChI=1S/C20H33N5O2/c1-20(2,3)18(26)22-11-12-23-19(21-4)24-15-10-13-25(14-15)16-8-6-7-9-17(16)27-5/h6-9,15H,10-14H2,1-5H3,(H,22,26)(H2,21,23,24). The molecule has 1 heterocycles. The number of nitrogens with one attached hydrogen (secondary N) is 3. The highest BCUT2D eigenvalue weighted by atomic mass is 16.5. The number of nitrogens with zero attached hydrogens (tertiary/aromatic N) is 2. The van der Waals surface area contributed by atoms with Gasteiger partial charge in [0.2, 0.25) is 5.91 Å². The van der Waals surface area contributed by atoms with Crippen LogP contribution in [0, 0.1) is 5.41 Å². The van der Waals surface area contributed by atoms with Gasteiger partial charge >= 0.3 is 0 Å².